The van der Waals surface area contributed by atoms with Gasteiger partial charge in [-0.15, -0.1) is 11.3 Å². The number of rotatable bonds is 12. The highest BCUT2D eigenvalue weighted by Crippen LogP contribution is 2.26. The Morgan fingerprint density at radius 3 is 2.63 bits per heavy atom. The fourth-order valence-electron chi connectivity index (χ4n) is 3.87. The average Bonchev–Trinajstić information content (AvgIpc) is 3.65. The third-order valence-electron chi connectivity index (χ3n) is 5.92. The number of H-pyrrole nitrogens is 1. The normalized spacial score (nSPS) is 11.8. The highest BCUT2D eigenvalue weighted by atomic mass is 32.1. The number of carbonyl (C=O) groups is 1. The molecule has 0 spiro atoms. The topological polar surface area (TPSA) is 101 Å². The summed E-state index contributed by atoms with van der Waals surface area (Å²) in [5, 5.41) is 10.7. The molecule has 3 N–H and O–H groups in total. The Morgan fingerprint density at radius 2 is 1.94 bits per heavy atom. The van der Waals surface area contributed by atoms with Gasteiger partial charge in [0.05, 0.1) is 35.3 Å². The van der Waals surface area contributed by atoms with E-state index in [-0.39, 0.29) is 11.9 Å². The number of benzene rings is 1. The number of nitrogens with one attached hydrogen (secondary N) is 3. The molecule has 3 aromatic heterocycles. The number of thiazole rings is 1. The third kappa shape index (κ3) is 6.45. The Bertz CT molecular complexity index is 1240. The predicted molar refractivity (Wildman–Crippen MR) is 140 cm³/mol. The fourth-order valence-corrected chi connectivity index (χ4v) is 4.40. The Hall–Kier alpha value is -3.72. The Morgan fingerprint density at radius 1 is 1.14 bits per heavy atom. The van der Waals surface area contributed by atoms with E-state index in [1.165, 1.54) is 11.3 Å². The van der Waals surface area contributed by atoms with Gasteiger partial charge < -0.3 is 15.6 Å². The standard InChI is InChI=1S/C26H31N7OS/c1-18(27-2)7-5-4-6-8-22(31-26(34)24-16-28-17-35-24)25-29-15-23(30-25)20-11-9-19(10-12-20)21-13-14-33(3)32-21/h9-17,22,27H,1,4-8H2,2-3H3,(H,29,30)(H,31,34)/t22-/m0/s1. The lowest BCUT2D eigenvalue weighted by Gasteiger charge is -2.16. The van der Waals surface area contributed by atoms with E-state index in [0.29, 0.717) is 4.88 Å². The summed E-state index contributed by atoms with van der Waals surface area (Å²) in [7, 11) is 3.81. The van der Waals surface area contributed by atoms with Gasteiger partial charge in [-0.25, -0.2) is 4.98 Å². The van der Waals surface area contributed by atoms with Crippen LogP contribution >= 0.6 is 11.3 Å². The molecule has 0 radical (unpaired) electrons. The second kappa shape index (κ2) is 11.6. The maximum Gasteiger partial charge on any atom is 0.263 e. The summed E-state index contributed by atoms with van der Waals surface area (Å²) >= 11 is 1.33. The molecule has 0 bridgehead atoms. The number of unbranched alkanes of at least 4 members (excludes halogenated alkanes) is 2. The SMILES string of the molecule is C=C(CCCCC[C@H](NC(=O)c1cncs1)c1ncc(-c2ccc(-c3ccn(C)n3)cc2)[nH]1)NC. The van der Waals surface area contributed by atoms with Crippen molar-refractivity contribution < 1.29 is 4.79 Å². The van der Waals surface area contributed by atoms with Gasteiger partial charge in [-0.3, -0.25) is 14.5 Å². The van der Waals surface area contributed by atoms with Gasteiger partial charge in [0.15, 0.2) is 0 Å². The van der Waals surface area contributed by atoms with Gasteiger partial charge in [0.2, 0.25) is 0 Å². The zero-order valence-corrected chi connectivity index (χ0v) is 20.9. The minimum absolute atomic E-state index is 0.126. The molecule has 182 valence electrons. The molecule has 1 amide bonds. The van der Waals surface area contributed by atoms with Crippen LogP contribution in [-0.4, -0.2) is 37.7 Å². The summed E-state index contributed by atoms with van der Waals surface area (Å²) in [4.78, 5) is 25.4. The van der Waals surface area contributed by atoms with Gasteiger partial charge in [-0.1, -0.05) is 43.7 Å². The first-order valence-corrected chi connectivity index (χ1v) is 12.6. The molecule has 3 heterocycles. The van der Waals surface area contributed by atoms with Crippen molar-refractivity contribution >= 4 is 17.2 Å². The van der Waals surface area contributed by atoms with Gasteiger partial charge >= 0.3 is 0 Å². The number of hydrogen-bond acceptors (Lipinski definition) is 6. The van der Waals surface area contributed by atoms with Crippen molar-refractivity contribution in [2.45, 2.75) is 38.1 Å². The molecule has 1 aromatic carbocycles. The van der Waals surface area contributed by atoms with E-state index in [1.54, 1.807) is 16.4 Å². The highest BCUT2D eigenvalue weighted by Gasteiger charge is 2.20. The third-order valence-corrected chi connectivity index (χ3v) is 6.69. The number of carbonyl (C=O) groups excluding carboxylic acids is 1. The molecule has 0 saturated carbocycles. The van der Waals surface area contributed by atoms with E-state index in [9.17, 15) is 4.79 Å². The van der Waals surface area contributed by atoms with Crippen molar-refractivity contribution in [2.75, 3.05) is 7.05 Å². The van der Waals surface area contributed by atoms with Crippen molar-refractivity contribution in [1.29, 1.82) is 0 Å². The van der Waals surface area contributed by atoms with E-state index in [4.69, 9.17) is 0 Å². The lowest BCUT2D eigenvalue weighted by Crippen LogP contribution is -2.28. The Balaban J connectivity index is 1.45. The minimum atomic E-state index is -0.210. The monoisotopic (exact) mass is 489 g/mol. The van der Waals surface area contributed by atoms with Crippen molar-refractivity contribution in [2.24, 2.45) is 7.05 Å². The van der Waals surface area contributed by atoms with Crippen molar-refractivity contribution in [3.63, 3.8) is 0 Å². The Kier molecular flexibility index (Phi) is 8.10. The Labute approximate surface area is 209 Å². The number of aromatic nitrogens is 5. The van der Waals surface area contributed by atoms with Crippen LogP contribution in [0, 0.1) is 0 Å². The molecule has 0 aliphatic heterocycles. The molecule has 4 aromatic rings. The van der Waals surface area contributed by atoms with Crippen LogP contribution in [0.4, 0.5) is 0 Å². The van der Waals surface area contributed by atoms with Crippen LogP contribution in [0.2, 0.25) is 0 Å². The smallest absolute Gasteiger partial charge is 0.263 e. The predicted octanol–water partition coefficient (Wildman–Crippen LogP) is 5.09. The van der Waals surface area contributed by atoms with Gasteiger partial charge in [0, 0.05) is 31.6 Å². The first-order valence-electron chi connectivity index (χ1n) is 11.7. The highest BCUT2D eigenvalue weighted by molar-refractivity contribution is 7.11. The molecular formula is C26H31N7OS. The number of aromatic amines is 1. The molecule has 0 aliphatic rings. The van der Waals surface area contributed by atoms with Crippen LogP contribution in [-0.2, 0) is 7.05 Å². The summed E-state index contributed by atoms with van der Waals surface area (Å²) in [5.41, 5.74) is 6.65. The second-order valence-electron chi connectivity index (χ2n) is 8.48. The zero-order chi connectivity index (χ0) is 24.6. The fraction of sp³-hybridized carbons (Fsp3) is 0.308. The largest absolute Gasteiger partial charge is 0.392 e. The number of nitrogens with zero attached hydrogens (tertiary/aromatic N) is 4. The summed E-state index contributed by atoms with van der Waals surface area (Å²) in [6, 6.07) is 10.0. The summed E-state index contributed by atoms with van der Waals surface area (Å²) in [6.07, 6.45) is 10.2. The quantitative estimate of drug-likeness (QED) is 0.241. The minimum Gasteiger partial charge on any atom is -0.392 e. The lowest BCUT2D eigenvalue weighted by atomic mass is 10.1. The van der Waals surface area contributed by atoms with Crippen LogP contribution in [0.3, 0.4) is 0 Å². The van der Waals surface area contributed by atoms with Crippen molar-refractivity contribution in [3.8, 4) is 22.5 Å². The second-order valence-corrected chi connectivity index (χ2v) is 9.37. The van der Waals surface area contributed by atoms with Crippen LogP contribution in [0.5, 0.6) is 0 Å². The van der Waals surface area contributed by atoms with Crippen LogP contribution in [0.15, 0.2) is 66.7 Å². The summed E-state index contributed by atoms with van der Waals surface area (Å²) in [5.74, 6) is 0.630. The van der Waals surface area contributed by atoms with Crippen molar-refractivity contribution in [3.05, 3.63) is 77.4 Å². The molecule has 0 saturated heterocycles. The van der Waals surface area contributed by atoms with Gasteiger partial charge in [0.25, 0.3) is 5.91 Å². The number of aryl methyl sites for hydroxylation is 1. The molecule has 0 unspecified atom stereocenters. The molecule has 1 atom stereocenters. The maximum absolute atomic E-state index is 12.7. The van der Waals surface area contributed by atoms with Crippen LogP contribution in [0.1, 0.15) is 53.6 Å². The number of amides is 1. The molecule has 8 nitrogen and oxygen atoms in total. The zero-order valence-electron chi connectivity index (χ0n) is 20.1. The molecular weight excluding hydrogens is 458 g/mol. The maximum atomic E-state index is 12.7. The lowest BCUT2D eigenvalue weighted by molar-refractivity contribution is 0.0936. The van der Waals surface area contributed by atoms with E-state index >= 15 is 0 Å². The van der Waals surface area contributed by atoms with E-state index < -0.39 is 0 Å². The number of allylic oxidation sites excluding steroid dienone is 1. The molecule has 4 rings (SSSR count). The van der Waals surface area contributed by atoms with E-state index in [1.807, 2.05) is 32.6 Å². The van der Waals surface area contributed by atoms with Crippen LogP contribution in [0.25, 0.3) is 22.5 Å². The van der Waals surface area contributed by atoms with E-state index in [0.717, 1.165) is 66.1 Å². The number of hydrogen-bond donors (Lipinski definition) is 3. The van der Waals surface area contributed by atoms with E-state index in [2.05, 4.69) is 61.5 Å². The van der Waals surface area contributed by atoms with Gasteiger partial charge in [-0.05, 0) is 30.9 Å². The average molecular weight is 490 g/mol. The molecule has 0 fully saturated rings. The summed E-state index contributed by atoms with van der Waals surface area (Å²) in [6.45, 7) is 3.98. The van der Waals surface area contributed by atoms with Crippen LogP contribution < -0.4 is 10.6 Å². The molecule has 0 aliphatic carbocycles. The molecule has 9 heteroatoms. The first-order chi connectivity index (χ1) is 17.0. The first kappa shape index (κ1) is 24.4. The summed E-state index contributed by atoms with van der Waals surface area (Å²) < 4.78 is 1.79. The number of imidazole rings is 1. The van der Waals surface area contributed by atoms with Gasteiger partial charge in [0.1, 0.15) is 10.7 Å². The van der Waals surface area contributed by atoms with Gasteiger partial charge in [-0.2, -0.15) is 5.10 Å². The molecule has 35 heavy (non-hydrogen) atoms. The van der Waals surface area contributed by atoms with Crippen molar-refractivity contribution in [1.82, 2.24) is 35.4 Å².